The van der Waals surface area contributed by atoms with Crippen molar-refractivity contribution in [2.24, 2.45) is 5.11 Å². The van der Waals surface area contributed by atoms with Crippen molar-refractivity contribution < 1.29 is 30.6 Å². The third-order valence-electron chi connectivity index (χ3n) is 2.38. The first-order chi connectivity index (χ1) is 9.58. The quantitative estimate of drug-likeness (QED) is 0.279. The van der Waals surface area contributed by atoms with Gasteiger partial charge in [-0.15, -0.1) is 0 Å². The number of alkyl halides is 3. The van der Waals surface area contributed by atoms with E-state index in [1.54, 1.807) is 0 Å². The summed E-state index contributed by atoms with van der Waals surface area (Å²) in [5, 5.41) is 2.88. The summed E-state index contributed by atoms with van der Waals surface area (Å²) >= 11 is 0. The standard InChI is InChI=1S/C10H8F3N3O4S/c1-6(9(17)15-16-14)7-2-4-8(5-3-7)20-21(18,19)10(11,12)13/h2-6H,1H3/t6-/m1/s1. The molecule has 0 unspecified atom stereocenters. The number of benzene rings is 1. The Kier molecular flexibility index (Phi) is 4.81. The zero-order valence-corrected chi connectivity index (χ0v) is 11.2. The van der Waals surface area contributed by atoms with Crippen LogP contribution in [0.4, 0.5) is 13.2 Å². The molecule has 0 aliphatic rings. The molecule has 1 amide bonds. The van der Waals surface area contributed by atoms with E-state index in [2.05, 4.69) is 14.2 Å². The maximum absolute atomic E-state index is 12.1. The Morgan fingerprint density at radius 2 is 1.86 bits per heavy atom. The van der Waals surface area contributed by atoms with Crippen LogP contribution in [0.1, 0.15) is 18.4 Å². The fourth-order valence-corrected chi connectivity index (χ4v) is 1.72. The Balaban J connectivity index is 2.94. The lowest BCUT2D eigenvalue weighted by molar-refractivity contribution is -0.119. The lowest BCUT2D eigenvalue weighted by Crippen LogP contribution is -2.28. The van der Waals surface area contributed by atoms with Gasteiger partial charge in [0.15, 0.2) is 0 Å². The Morgan fingerprint density at radius 3 is 2.29 bits per heavy atom. The zero-order valence-electron chi connectivity index (χ0n) is 10.4. The molecule has 0 saturated carbocycles. The van der Waals surface area contributed by atoms with Gasteiger partial charge < -0.3 is 4.18 Å². The van der Waals surface area contributed by atoms with Crippen molar-refractivity contribution in [1.82, 2.24) is 0 Å². The highest BCUT2D eigenvalue weighted by Gasteiger charge is 2.48. The van der Waals surface area contributed by atoms with E-state index in [0.29, 0.717) is 5.56 Å². The van der Waals surface area contributed by atoms with Crippen molar-refractivity contribution in [2.45, 2.75) is 18.3 Å². The summed E-state index contributed by atoms with van der Waals surface area (Å²) in [7, 11) is -5.74. The van der Waals surface area contributed by atoms with Gasteiger partial charge >= 0.3 is 15.6 Å². The number of rotatable bonds is 4. The number of hydrogen-bond donors (Lipinski definition) is 0. The van der Waals surface area contributed by atoms with Crippen LogP contribution in [0.3, 0.4) is 0 Å². The van der Waals surface area contributed by atoms with Crippen LogP contribution < -0.4 is 4.18 Å². The minimum atomic E-state index is -5.74. The van der Waals surface area contributed by atoms with Gasteiger partial charge in [0.25, 0.3) is 0 Å². The van der Waals surface area contributed by atoms with E-state index in [1.165, 1.54) is 19.1 Å². The number of carbonyl (C=O) groups is 1. The lowest BCUT2D eigenvalue weighted by atomic mass is 10.0. The van der Waals surface area contributed by atoms with E-state index in [4.69, 9.17) is 5.53 Å². The summed E-state index contributed by atoms with van der Waals surface area (Å²) < 4.78 is 61.8. The first-order valence-corrected chi connectivity index (χ1v) is 6.69. The van der Waals surface area contributed by atoms with Crippen molar-refractivity contribution in [2.75, 3.05) is 0 Å². The van der Waals surface area contributed by atoms with Crippen LogP contribution in [-0.2, 0) is 14.9 Å². The third-order valence-corrected chi connectivity index (χ3v) is 3.36. The molecule has 0 radical (unpaired) electrons. The second-order valence-electron chi connectivity index (χ2n) is 3.80. The maximum Gasteiger partial charge on any atom is 0.534 e. The molecule has 0 saturated heterocycles. The minimum absolute atomic E-state index is 0.323. The predicted molar refractivity (Wildman–Crippen MR) is 64.6 cm³/mol. The SMILES string of the molecule is C[C@@H](C(=O)N=[N+]=[N-])c1ccc(OS(=O)(=O)C(F)(F)F)cc1. The van der Waals surface area contributed by atoms with E-state index >= 15 is 0 Å². The van der Waals surface area contributed by atoms with E-state index in [9.17, 15) is 26.4 Å². The molecule has 0 aromatic heterocycles. The zero-order chi connectivity index (χ0) is 16.3. The molecule has 1 aromatic rings. The lowest BCUT2D eigenvalue weighted by Gasteiger charge is -2.11. The summed E-state index contributed by atoms with van der Waals surface area (Å²) in [4.78, 5) is 13.6. The van der Waals surface area contributed by atoms with Crippen molar-refractivity contribution in [3.8, 4) is 5.75 Å². The Labute approximate surface area is 117 Å². The van der Waals surface area contributed by atoms with E-state index < -0.39 is 33.2 Å². The topological polar surface area (TPSA) is 109 Å². The highest BCUT2D eigenvalue weighted by atomic mass is 32.2. The van der Waals surface area contributed by atoms with Crippen molar-refractivity contribution in [1.29, 1.82) is 0 Å². The highest BCUT2D eigenvalue weighted by molar-refractivity contribution is 7.87. The second kappa shape index (κ2) is 6.02. The summed E-state index contributed by atoms with van der Waals surface area (Å²) in [6, 6.07) is 4.30. The number of nitrogens with zero attached hydrogens (tertiary/aromatic N) is 3. The van der Waals surface area contributed by atoms with Gasteiger partial charge in [0.1, 0.15) is 5.75 Å². The number of amides is 1. The molecule has 7 nitrogen and oxygen atoms in total. The van der Waals surface area contributed by atoms with Crippen LogP contribution in [0.2, 0.25) is 0 Å². The molecule has 0 aliphatic heterocycles. The normalized spacial score (nSPS) is 13.1. The number of hydrogen-bond acceptors (Lipinski definition) is 4. The Bertz CT molecular complexity index is 678. The minimum Gasteiger partial charge on any atom is -0.376 e. The maximum atomic E-state index is 12.1. The summed E-state index contributed by atoms with van der Waals surface area (Å²) in [5.74, 6) is -2.16. The van der Waals surface area contributed by atoms with E-state index in [0.717, 1.165) is 12.1 Å². The molecule has 11 heteroatoms. The molecule has 1 rings (SSSR count). The van der Waals surface area contributed by atoms with Gasteiger partial charge in [0.05, 0.1) is 0 Å². The van der Waals surface area contributed by atoms with Gasteiger partial charge in [0, 0.05) is 10.8 Å². The monoisotopic (exact) mass is 323 g/mol. The molecule has 0 bridgehead atoms. The molecule has 0 spiro atoms. The smallest absolute Gasteiger partial charge is 0.376 e. The molecular weight excluding hydrogens is 315 g/mol. The molecule has 0 fully saturated rings. The van der Waals surface area contributed by atoms with Gasteiger partial charge in [-0.2, -0.15) is 21.6 Å². The molecule has 0 heterocycles. The fourth-order valence-electron chi connectivity index (χ4n) is 1.26. The molecule has 21 heavy (non-hydrogen) atoms. The van der Waals surface area contributed by atoms with Gasteiger partial charge in [-0.1, -0.05) is 19.1 Å². The van der Waals surface area contributed by atoms with Crippen LogP contribution in [0.15, 0.2) is 29.4 Å². The van der Waals surface area contributed by atoms with E-state index in [1.807, 2.05) is 0 Å². The van der Waals surface area contributed by atoms with Gasteiger partial charge in [-0.3, -0.25) is 4.79 Å². The van der Waals surface area contributed by atoms with Gasteiger partial charge in [0.2, 0.25) is 5.91 Å². The van der Waals surface area contributed by atoms with Gasteiger partial charge in [-0.05, 0) is 28.3 Å². The average molecular weight is 323 g/mol. The largest absolute Gasteiger partial charge is 0.534 e. The number of azide groups is 1. The molecular formula is C10H8F3N3O4S. The van der Waals surface area contributed by atoms with E-state index in [-0.39, 0.29) is 0 Å². The van der Waals surface area contributed by atoms with Gasteiger partial charge in [-0.25, -0.2) is 0 Å². The van der Waals surface area contributed by atoms with Crippen molar-refractivity contribution in [3.63, 3.8) is 0 Å². The molecule has 1 aromatic carbocycles. The second-order valence-corrected chi connectivity index (χ2v) is 5.34. The number of carbonyl (C=O) groups excluding carboxylic acids is 1. The summed E-state index contributed by atoms with van der Waals surface area (Å²) in [6.07, 6.45) is 0. The van der Waals surface area contributed by atoms with Crippen molar-refractivity contribution in [3.05, 3.63) is 40.3 Å². The van der Waals surface area contributed by atoms with Crippen LogP contribution in [-0.4, -0.2) is 19.8 Å². The third kappa shape index (κ3) is 4.10. The molecule has 0 aliphatic carbocycles. The predicted octanol–water partition coefficient (Wildman–Crippen LogP) is 2.86. The fraction of sp³-hybridized carbons (Fsp3) is 0.300. The van der Waals surface area contributed by atoms with Crippen LogP contribution in [0.5, 0.6) is 5.75 Å². The van der Waals surface area contributed by atoms with Crippen LogP contribution in [0, 0.1) is 0 Å². The first kappa shape index (κ1) is 16.8. The average Bonchev–Trinajstić information content (AvgIpc) is 2.37. The summed E-state index contributed by atoms with van der Waals surface area (Å²) in [5.41, 5.74) is 2.92. The summed E-state index contributed by atoms with van der Waals surface area (Å²) in [6.45, 7) is 1.42. The van der Waals surface area contributed by atoms with Crippen LogP contribution >= 0.6 is 0 Å². The number of halogens is 3. The Morgan fingerprint density at radius 1 is 1.33 bits per heavy atom. The van der Waals surface area contributed by atoms with Crippen LogP contribution in [0.25, 0.3) is 10.4 Å². The first-order valence-electron chi connectivity index (χ1n) is 5.28. The highest BCUT2D eigenvalue weighted by Crippen LogP contribution is 2.28. The molecule has 114 valence electrons. The van der Waals surface area contributed by atoms with Crippen molar-refractivity contribution >= 4 is 16.0 Å². The molecule has 1 atom stereocenters. The Hall–Kier alpha value is -2.26. The molecule has 0 N–H and O–H groups in total.